The van der Waals surface area contributed by atoms with Gasteiger partial charge in [-0.2, -0.15) is 0 Å². The van der Waals surface area contributed by atoms with Crippen molar-refractivity contribution in [3.63, 3.8) is 0 Å². The first-order chi connectivity index (χ1) is 12.5. The smallest absolute Gasteiger partial charge is 0.263 e. The van der Waals surface area contributed by atoms with Crippen molar-refractivity contribution in [2.24, 2.45) is 0 Å². The summed E-state index contributed by atoms with van der Waals surface area (Å²) in [6.07, 6.45) is 1.70. The van der Waals surface area contributed by atoms with Gasteiger partial charge in [0.25, 0.3) is 11.5 Å². The number of aromatic nitrogens is 1. The fraction of sp³-hybridized carbons (Fsp3) is 0.182. The third-order valence-electron chi connectivity index (χ3n) is 4.30. The zero-order valence-electron chi connectivity index (χ0n) is 15.0. The SMILES string of the molecule is CC(C)c1ccc(NC(=O)c2cccn(Cc3ccccc3)c2=O)cc1. The molecule has 2 aromatic carbocycles. The summed E-state index contributed by atoms with van der Waals surface area (Å²) in [5, 5.41) is 2.80. The summed E-state index contributed by atoms with van der Waals surface area (Å²) in [6, 6.07) is 20.7. The molecule has 4 heteroatoms. The Kier molecular flexibility index (Phi) is 5.32. The van der Waals surface area contributed by atoms with Crippen molar-refractivity contribution in [1.29, 1.82) is 0 Å². The van der Waals surface area contributed by atoms with Gasteiger partial charge in [-0.3, -0.25) is 9.59 Å². The minimum atomic E-state index is -0.394. The maximum Gasteiger partial charge on any atom is 0.263 e. The molecule has 0 fully saturated rings. The molecular formula is C22H22N2O2. The van der Waals surface area contributed by atoms with Gasteiger partial charge in [0.2, 0.25) is 0 Å². The van der Waals surface area contributed by atoms with E-state index in [1.807, 2.05) is 54.6 Å². The number of nitrogens with one attached hydrogen (secondary N) is 1. The third kappa shape index (κ3) is 4.09. The number of hydrogen-bond donors (Lipinski definition) is 1. The van der Waals surface area contributed by atoms with Gasteiger partial charge < -0.3 is 9.88 Å². The normalized spacial score (nSPS) is 10.7. The van der Waals surface area contributed by atoms with Crippen LogP contribution in [0.2, 0.25) is 0 Å². The molecule has 0 aliphatic rings. The number of benzene rings is 2. The summed E-state index contributed by atoms with van der Waals surface area (Å²) in [4.78, 5) is 25.2. The van der Waals surface area contributed by atoms with E-state index in [0.29, 0.717) is 18.2 Å². The Hall–Kier alpha value is -3.14. The van der Waals surface area contributed by atoms with Crippen molar-refractivity contribution in [2.75, 3.05) is 5.32 Å². The van der Waals surface area contributed by atoms with E-state index in [1.54, 1.807) is 22.9 Å². The van der Waals surface area contributed by atoms with Gasteiger partial charge in [0, 0.05) is 11.9 Å². The number of carbonyl (C=O) groups is 1. The maximum atomic E-state index is 12.7. The Morgan fingerprint density at radius 2 is 1.65 bits per heavy atom. The monoisotopic (exact) mass is 346 g/mol. The Labute approximate surface area is 153 Å². The standard InChI is InChI=1S/C22H22N2O2/c1-16(2)18-10-12-19(13-11-18)23-21(25)20-9-6-14-24(22(20)26)15-17-7-4-3-5-8-17/h3-14,16H,15H2,1-2H3,(H,23,25). The summed E-state index contributed by atoms with van der Waals surface area (Å²) in [7, 11) is 0. The molecule has 0 saturated carbocycles. The zero-order chi connectivity index (χ0) is 18.5. The number of pyridine rings is 1. The van der Waals surface area contributed by atoms with Crippen LogP contribution >= 0.6 is 0 Å². The Balaban J connectivity index is 1.79. The molecule has 1 heterocycles. The van der Waals surface area contributed by atoms with Crippen LogP contribution in [0.15, 0.2) is 77.7 Å². The van der Waals surface area contributed by atoms with E-state index < -0.39 is 5.91 Å². The second-order valence-corrected chi connectivity index (χ2v) is 6.57. The predicted molar refractivity (Wildman–Crippen MR) is 105 cm³/mol. The van der Waals surface area contributed by atoms with Crippen molar-refractivity contribution in [2.45, 2.75) is 26.3 Å². The van der Waals surface area contributed by atoms with E-state index in [1.165, 1.54) is 5.56 Å². The Bertz CT molecular complexity index is 942. The molecule has 0 atom stereocenters. The zero-order valence-corrected chi connectivity index (χ0v) is 15.0. The lowest BCUT2D eigenvalue weighted by molar-refractivity contribution is 0.102. The Morgan fingerprint density at radius 1 is 0.962 bits per heavy atom. The van der Waals surface area contributed by atoms with E-state index in [2.05, 4.69) is 19.2 Å². The molecule has 0 aliphatic heterocycles. The van der Waals surface area contributed by atoms with Crippen LogP contribution < -0.4 is 10.9 Å². The van der Waals surface area contributed by atoms with Crippen LogP contribution in [0.25, 0.3) is 0 Å². The minimum Gasteiger partial charge on any atom is -0.322 e. The van der Waals surface area contributed by atoms with Gasteiger partial charge in [0.1, 0.15) is 5.56 Å². The van der Waals surface area contributed by atoms with Gasteiger partial charge in [-0.1, -0.05) is 56.3 Å². The number of nitrogens with zero attached hydrogens (tertiary/aromatic N) is 1. The molecule has 132 valence electrons. The number of hydrogen-bond acceptors (Lipinski definition) is 2. The lowest BCUT2D eigenvalue weighted by Gasteiger charge is -2.10. The summed E-state index contributed by atoms with van der Waals surface area (Å²) >= 11 is 0. The number of rotatable bonds is 5. The number of anilines is 1. The fourth-order valence-electron chi connectivity index (χ4n) is 2.76. The molecule has 0 spiro atoms. The van der Waals surface area contributed by atoms with Crippen LogP contribution in [0, 0.1) is 0 Å². The van der Waals surface area contributed by atoms with Crippen LogP contribution in [0.4, 0.5) is 5.69 Å². The highest BCUT2D eigenvalue weighted by atomic mass is 16.2. The van der Waals surface area contributed by atoms with Crippen LogP contribution in [0.3, 0.4) is 0 Å². The molecule has 0 unspecified atom stereocenters. The van der Waals surface area contributed by atoms with Crippen LogP contribution in [-0.2, 0) is 6.54 Å². The second kappa shape index (κ2) is 7.83. The van der Waals surface area contributed by atoms with Gasteiger partial charge in [0.15, 0.2) is 0 Å². The van der Waals surface area contributed by atoms with Crippen molar-refractivity contribution in [1.82, 2.24) is 4.57 Å². The van der Waals surface area contributed by atoms with E-state index in [0.717, 1.165) is 5.56 Å². The van der Waals surface area contributed by atoms with Crippen molar-refractivity contribution in [3.8, 4) is 0 Å². The topological polar surface area (TPSA) is 51.1 Å². The molecule has 0 saturated heterocycles. The second-order valence-electron chi connectivity index (χ2n) is 6.57. The number of amides is 1. The predicted octanol–water partition coefficient (Wildman–Crippen LogP) is 4.27. The van der Waals surface area contributed by atoms with Gasteiger partial charge in [-0.15, -0.1) is 0 Å². The fourth-order valence-corrected chi connectivity index (χ4v) is 2.76. The third-order valence-corrected chi connectivity index (χ3v) is 4.30. The highest BCUT2D eigenvalue weighted by Crippen LogP contribution is 2.17. The lowest BCUT2D eigenvalue weighted by atomic mass is 10.0. The molecule has 0 bridgehead atoms. The molecule has 0 aliphatic carbocycles. The number of carbonyl (C=O) groups excluding carboxylic acids is 1. The van der Waals surface area contributed by atoms with E-state index in [4.69, 9.17) is 0 Å². The molecule has 0 radical (unpaired) electrons. The molecule has 1 N–H and O–H groups in total. The minimum absolute atomic E-state index is 0.136. The van der Waals surface area contributed by atoms with Crippen LogP contribution in [-0.4, -0.2) is 10.5 Å². The molecule has 26 heavy (non-hydrogen) atoms. The van der Waals surface area contributed by atoms with Crippen molar-refractivity contribution >= 4 is 11.6 Å². The molecule has 3 rings (SSSR count). The van der Waals surface area contributed by atoms with E-state index in [-0.39, 0.29) is 11.1 Å². The van der Waals surface area contributed by atoms with Gasteiger partial charge >= 0.3 is 0 Å². The Morgan fingerprint density at radius 3 is 2.31 bits per heavy atom. The molecule has 1 amide bonds. The largest absolute Gasteiger partial charge is 0.322 e. The highest BCUT2D eigenvalue weighted by Gasteiger charge is 2.13. The van der Waals surface area contributed by atoms with Gasteiger partial charge in [0.05, 0.1) is 6.54 Å². The van der Waals surface area contributed by atoms with Gasteiger partial charge in [-0.25, -0.2) is 0 Å². The van der Waals surface area contributed by atoms with Crippen molar-refractivity contribution < 1.29 is 4.79 Å². The molecule has 3 aromatic rings. The lowest BCUT2D eigenvalue weighted by Crippen LogP contribution is -2.29. The molecule has 4 nitrogen and oxygen atoms in total. The maximum absolute atomic E-state index is 12.7. The van der Waals surface area contributed by atoms with Crippen LogP contribution in [0.1, 0.15) is 41.3 Å². The first-order valence-corrected chi connectivity index (χ1v) is 8.69. The summed E-state index contributed by atoms with van der Waals surface area (Å²) in [5.74, 6) is 0.0359. The summed E-state index contributed by atoms with van der Waals surface area (Å²) < 4.78 is 1.55. The summed E-state index contributed by atoms with van der Waals surface area (Å²) in [5.41, 5.74) is 2.73. The van der Waals surface area contributed by atoms with E-state index >= 15 is 0 Å². The summed E-state index contributed by atoms with van der Waals surface area (Å²) in [6.45, 7) is 4.67. The van der Waals surface area contributed by atoms with Gasteiger partial charge in [-0.05, 0) is 41.3 Å². The molecule has 1 aromatic heterocycles. The first-order valence-electron chi connectivity index (χ1n) is 8.69. The quantitative estimate of drug-likeness (QED) is 0.750. The van der Waals surface area contributed by atoms with Crippen LogP contribution in [0.5, 0.6) is 0 Å². The molecular weight excluding hydrogens is 324 g/mol. The van der Waals surface area contributed by atoms with E-state index in [9.17, 15) is 9.59 Å². The highest BCUT2D eigenvalue weighted by molar-refractivity contribution is 6.03. The average molecular weight is 346 g/mol. The first kappa shape index (κ1) is 17.7. The average Bonchev–Trinajstić information content (AvgIpc) is 2.64. The van der Waals surface area contributed by atoms with Crippen molar-refractivity contribution in [3.05, 3.63) is 100.0 Å².